The molecule has 1 aromatic rings. The second-order valence-corrected chi connectivity index (χ2v) is 7.04. The molecule has 1 aliphatic rings. The molecular weight excluding hydrogens is 268 g/mol. The Labute approximate surface area is 126 Å². The summed E-state index contributed by atoms with van der Waals surface area (Å²) < 4.78 is 0. The summed E-state index contributed by atoms with van der Waals surface area (Å²) in [5.41, 5.74) is 1.53. The Bertz CT molecular complexity index is 434. The van der Waals surface area contributed by atoms with Gasteiger partial charge in [0.1, 0.15) is 0 Å². The number of aryl methyl sites for hydroxylation is 2. The highest BCUT2D eigenvalue weighted by Crippen LogP contribution is 2.30. The van der Waals surface area contributed by atoms with E-state index in [0.29, 0.717) is 0 Å². The molecule has 0 aromatic carbocycles. The molecule has 2 unspecified atom stereocenters. The fourth-order valence-electron chi connectivity index (χ4n) is 2.70. The van der Waals surface area contributed by atoms with Gasteiger partial charge in [-0.15, -0.1) is 11.3 Å². The third-order valence-electron chi connectivity index (χ3n) is 3.88. The van der Waals surface area contributed by atoms with Crippen LogP contribution < -0.4 is 10.6 Å². The molecule has 0 bridgehead atoms. The molecule has 112 valence electrons. The first-order valence-corrected chi connectivity index (χ1v) is 8.56. The number of hydrogen-bond donors (Lipinski definition) is 2. The molecule has 0 radical (unpaired) electrons. The van der Waals surface area contributed by atoms with E-state index in [-0.39, 0.29) is 18.0 Å². The lowest BCUT2D eigenvalue weighted by atomic mass is 10.2. The summed E-state index contributed by atoms with van der Waals surface area (Å²) in [6, 6.07) is 2.44. The number of nitrogens with one attached hydrogen (secondary N) is 2. The van der Waals surface area contributed by atoms with Gasteiger partial charge in [-0.3, -0.25) is 4.79 Å². The number of rotatable bonds is 7. The average Bonchev–Trinajstić information content (AvgIpc) is 2.96. The molecule has 1 heterocycles. The summed E-state index contributed by atoms with van der Waals surface area (Å²) in [6.45, 7) is 6.95. The van der Waals surface area contributed by atoms with E-state index in [0.717, 1.165) is 19.4 Å². The van der Waals surface area contributed by atoms with Crippen LogP contribution >= 0.6 is 11.3 Å². The van der Waals surface area contributed by atoms with Gasteiger partial charge in [0.2, 0.25) is 5.91 Å². The number of hydrogen-bond acceptors (Lipinski definition) is 3. The predicted molar refractivity (Wildman–Crippen MR) is 85.2 cm³/mol. The zero-order valence-electron chi connectivity index (χ0n) is 12.8. The highest BCUT2D eigenvalue weighted by Gasteiger charge is 2.17. The van der Waals surface area contributed by atoms with Crippen molar-refractivity contribution in [3.05, 3.63) is 21.4 Å². The van der Waals surface area contributed by atoms with Crippen molar-refractivity contribution >= 4 is 17.2 Å². The first-order valence-electron chi connectivity index (χ1n) is 7.74. The van der Waals surface area contributed by atoms with Gasteiger partial charge in [-0.2, -0.15) is 0 Å². The van der Waals surface area contributed by atoms with Gasteiger partial charge < -0.3 is 10.6 Å². The Balaban J connectivity index is 1.76. The number of amides is 1. The van der Waals surface area contributed by atoms with Gasteiger partial charge in [-0.1, -0.05) is 13.3 Å². The van der Waals surface area contributed by atoms with Crippen LogP contribution in [0.2, 0.25) is 0 Å². The van der Waals surface area contributed by atoms with Gasteiger partial charge in [-0.05, 0) is 51.2 Å². The molecule has 0 saturated carbocycles. The van der Waals surface area contributed by atoms with Crippen LogP contribution in [0.3, 0.4) is 0 Å². The third-order valence-corrected chi connectivity index (χ3v) is 5.12. The van der Waals surface area contributed by atoms with Crippen molar-refractivity contribution in [2.24, 2.45) is 0 Å². The van der Waals surface area contributed by atoms with E-state index in [2.05, 4.69) is 30.5 Å². The van der Waals surface area contributed by atoms with Crippen molar-refractivity contribution in [2.75, 3.05) is 0 Å². The molecule has 0 saturated heterocycles. The van der Waals surface area contributed by atoms with Crippen LogP contribution in [0, 0.1) is 0 Å². The summed E-state index contributed by atoms with van der Waals surface area (Å²) in [7, 11) is 0. The van der Waals surface area contributed by atoms with Crippen LogP contribution in [0.5, 0.6) is 0 Å². The van der Waals surface area contributed by atoms with Gasteiger partial charge in [0.15, 0.2) is 0 Å². The fourth-order valence-corrected chi connectivity index (χ4v) is 3.91. The van der Waals surface area contributed by atoms with Crippen molar-refractivity contribution in [1.82, 2.24) is 10.6 Å². The largest absolute Gasteiger partial charge is 0.352 e. The van der Waals surface area contributed by atoms with E-state index >= 15 is 0 Å². The van der Waals surface area contributed by atoms with Gasteiger partial charge in [0.05, 0.1) is 6.04 Å². The number of fused-ring (bicyclic) bond motifs is 1. The Kier molecular flexibility index (Phi) is 5.61. The van der Waals surface area contributed by atoms with E-state index in [1.165, 1.54) is 29.7 Å². The van der Waals surface area contributed by atoms with Crippen LogP contribution in [0.15, 0.2) is 6.07 Å². The highest BCUT2D eigenvalue weighted by molar-refractivity contribution is 7.12. The maximum absolute atomic E-state index is 12.0. The van der Waals surface area contributed by atoms with Crippen LogP contribution in [0.25, 0.3) is 0 Å². The molecule has 2 N–H and O–H groups in total. The van der Waals surface area contributed by atoms with Crippen molar-refractivity contribution in [2.45, 2.75) is 71.5 Å². The minimum Gasteiger partial charge on any atom is -0.352 e. The molecule has 20 heavy (non-hydrogen) atoms. The quantitative estimate of drug-likeness (QED) is 0.811. The van der Waals surface area contributed by atoms with Crippen molar-refractivity contribution in [3.8, 4) is 0 Å². The van der Waals surface area contributed by atoms with Gasteiger partial charge in [0, 0.05) is 22.3 Å². The summed E-state index contributed by atoms with van der Waals surface area (Å²) in [5, 5.41) is 6.39. The van der Waals surface area contributed by atoms with E-state index in [1.807, 2.05) is 18.3 Å². The molecule has 1 amide bonds. The maximum Gasteiger partial charge on any atom is 0.237 e. The number of carbonyl (C=O) groups is 1. The molecule has 2 rings (SSSR count). The Hall–Kier alpha value is -0.870. The zero-order valence-corrected chi connectivity index (χ0v) is 13.6. The lowest BCUT2D eigenvalue weighted by Gasteiger charge is -2.17. The Morgan fingerprint density at radius 2 is 2.20 bits per heavy atom. The molecule has 1 aromatic heterocycles. The fraction of sp³-hybridized carbons (Fsp3) is 0.688. The first kappa shape index (κ1) is 15.5. The number of thiophene rings is 1. The zero-order chi connectivity index (χ0) is 14.5. The minimum atomic E-state index is -0.133. The van der Waals surface area contributed by atoms with E-state index in [4.69, 9.17) is 0 Å². The van der Waals surface area contributed by atoms with E-state index in [1.54, 1.807) is 4.88 Å². The predicted octanol–water partition coefficient (Wildman–Crippen LogP) is 3.02. The first-order chi connectivity index (χ1) is 9.60. The van der Waals surface area contributed by atoms with Crippen LogP contribution in [0.4, 0.5) is 0 Å². The topological polar surface area (TPSA) is 41.1 Å². The van der Waals surface area contributed by atoms with Crippen LogP contribution in [-0.2, 0) is 24.2 Å². The smallest absolute Gasteiger partial charge is 0.237 e. The normalized spacial score (nSPS) is 16.8. The van der Waals surface area contributed by atoms with Crippen molar-refractivity contribution < 1.29 is 4.79 Å². The van der Waals surface area contributed by atoms with Gasteiger partial charge in [0.25, 0.3) is 0 Å². The van der Waals surface area contributed by atoms with Crippen LogP contribution in [0.1, 0.15) is 55.4 Å². The van der Waals surface area contributed by atoms with Crippen molar-refractivity contribution in [1.29, 1.82) is 0 Å². The van der Waals surface area contributed by atoms with Gasteiger partial charge in [-0.25, -0.2) is 0 Å². The lowest BCUT2D eigenvalue weighted by molar-refractivity contribution is -0.123. The molecule has 0 spiro atoms. The van der Waals surface area contributed by atoms with Crippen molar-refractivity contribution in [3.63, 3.8) is 0 Å². The SMILES string of the molecule is CCCC(C)NC(=O)C(C)NCc1cc2c(s1)CCC2. The highest BCUT2D eigenvalue weighted by atomic mass is 32.1. The second-order valence-electron chi connectivity index (χ2n) is 5.82. The Morgan fingerprint density at radius 1 is 1.40 bits per heavy atom. The molecule has 0 fully saturated rings. The van der Waals surface area contributed by atoms with Crippen LogP contribution in [-0.4, -0.2) is 18.0 Å². The lowest BCUT2D eigenvalue weighted by Crippen LogP contribution is -2.45. The average molecular weight is 294 g/mol. The summed E-state index contributed by atoms with van der Waals surface area (Å²) in [6.07, 6.45) is 5.92. The van der Waals surface area contributed by atoms with E-state index in [9.17, 15) is 4.79 Å². The Morgan fingerprint density at radius 3 is 2.90 bits per heavy atom. The summed E-state index contributed by atoms with van der Waals surface area (Å²) >= 11 is 1.90. The molecule has 0 aliphatic heterocycles. The van der Waals surface area contributed by atoms with Gasteiger partial charge >= 0.3 is 0 Å². The number of carbonyl (C=O) groups excluding carboxylic acids is 1. The standard InChI is InChI=1S/C16H26N2OS/c1-4-6-11(2)18-16(19)12(3)17-10-14-9-13-7-5-8-15(13)20-14/h9,11-12,17H,4-8,10H2,1-3H3,(H,18,19). The summed E-state index contributed by atoms with van der Waals surface area (Å²) in [5.74, 6) is 0.107. The monoisotopic (exact) mass is 294 g/mol. The minimum absolute atomic E-state index is 0.107. The summed E-state index contributed by atoms with van der Waals surface area (Å²) in [4.78, 5) is 14.9. The molecule has 3 nitrogen and oxygen atoms in total. The molecule has 4 heteroatoms. The maximum atomic E-state index is 12.0. The van der Waals surface area contributed by atoms with E-state index < -0.39 is 0 Å². The molecule has 1 aliphatic carbocycles. The molecular formula is C16H26N2OS. The molecule has 2 atom stereocenters. The second kappa shape index (κ2) is 7.23. The third kappa shape index (κ3) is 4.06.